The van der Waals surface area contributed by atoms with Crippen LogP contribution >= 0.6 is 23.4 Å². The van der Waals surface area contributed by atoms with Crippen molar-refractivity contribution in [3.8, 4) is 0 Å². The van der Waals surface area contributed by atoms with Crippen molar-refractivity contribution in [2.24, 2.45) is 15.2 Å². The van der Waals surface area contributed by atoms with Crippen LogP contribution in [0, 0.1) is 6.92 Å². The van der Waals surface area contributed by atoms with E-state index in [0.29, 0.717) is 20.9 Å². The number of amides is 1. The molecule has 0 atom stereocenters. The van der Waals surface area contributed by atoms with E-state index in [1.807, 2.05) is 49.4 Å². The topological polar surface area (TPSA) is 57.4 Å². The van der Waals surface area contributed by atoms with Gasteiger partial charge in [-0.05, 0) is 36.9 Å². The molecular weight excluding hydrogens is 356 g/mol. The Kier molecular flexibility index (Phi) is 4.15. The zero-order valence-corrected chi connectivity index (χ0v) is 14.9. The van der Waals surface area contributed by atoms with Crippen molar-refractivity contribution in [2.75, 3.05) is 6.54 Å². The minimum absolute atomic E-state index is 0.0852. The minimum atomic E-state index is -0.0852. The molecule has 0 aromatic heterocycles. The van der Waals surface area contributed by atoms with Gasteiger partial charge in [-0.25, -0.2) is 0 Å². The number of hydrogen-bond acceptors (Lipinski definition) is 5. The van der Waals surface area contributed by atoms with E-state index in [0.717, 1.165) is 16.8 Å². The molecule has 0 aliphatic carbocycles. The summed E-state index contributed by atoms with van der Waals surface area (Å²) in [5, 5.41) is 10.5. The fourth-order valence-electron chi connectivity index (χ4n) is 2.58. The van der Waals surface area contributed by atoms with Crippen molar-refractivity contribution in [3.05, 3.63) is 69.7 Å². The molecule has 0 saturated heterocycles. The fourth-order valence-corrected chi connectivity index (χ4v) is 3.77. The Bertz CT molecular complexity index is 950. The minimum Gasteiger partial charge on any atom is -0.272 e. The molecule has 0 radical (unpaired) electrons. The molecule has 7 heteroatoms. The summed E-state index contributed by atoms with van der Waals surface area (Å²) in [6.07, 6.45) is 0. The average molecular weight is 369 g/mol. The summed E-state index contributed by atoms with van der Waals surface area (Å²) in [4.78, 5) is 18.1. The Morgan fingerprint density at radius 3 is 2.64 bits per heavy atom. The number of aliphatic imine (C=N–C) groups is 1. The van der Waals surface area contributed by atoms with E-state index < -0.39 is 0 Å². The summed E-state index contributed by atoms with van der Waals surface area (Å²) < 4.78 is 0. The zero-order chi connectivity index (χ0) is 17.4. The highest BCUT2D eigenvalue weighted by atomic mass is 35.5. The molecular formula is C18H13ClN4OS. The lowest BCUT2D eigenvalue weighted by Crippen LogP contribution is -2.26. The third-order valence-corrected chi connectivity index (χ3v) is 5.12. The van der Waals surface area contributed by atoms with E-state index >= 15 is 0 Å². The number of hydrogen-bond donors (Lipinski definition) is 0. The summed E-state index contributed by atoms with van der Waals surface area (Å²) in [5.74, 6) is -0.0852. The molecule has 1 amide bonds. The van der Waals surface area contributed by atoms with Crippen LogP contribution in [0.5, 0.6) is 0 Å². The van der Waals surface area contributed by atoms with Gasteiger partial charge in [-0.2, -0.15) is 0 Å². The van der Waals surface area contributed by atoms with Gasteiger partial charge in [-0.1, -0.05) is 47.5 Å². The number of thioether (sulfide) groups is 1. The molecule has 0 bridgehead atoms. The Balaban J connectivity index is 1.78. The lowest BCUT2D eigenvalue weighted by Gasteiger charge is -2.15. The van der Waals surface area contributed by atoms with Crippen LogP contribution < -0.4 is 0 Å². The maximum Gasteiger partial charge on any atom is 0.255 e. The number of azo groups is 1. The molecule has 2 aromatic carbocycles. The van der Waals surface area contributed by atoms with Crippen LogP contribution in [0.4, 0.5) is 5.69 Å². The highest BCUT2D eigenvalue weighted by Crippen LogP contribution is 2.44. The number of benzene rings is 2. The normalized spacial score (nSPS) is 16.8. The monoisotopic (exact) mass is 368 g/mol. The van der Waals surface area contributed by atoms with Crippen molar-refractivity contribution < 1.29 is 4.79 Å². The second-order valence-electron chi connectivity index (χ2n) is 5.60. The molecule has 2 aliphatic heterocycles. The van der Waals surface area contributed by atoms with E-state index in [4.69, 9.17) is 11.6 Å². The SMILES string of the molecule is Cc1ccc(N=NC2=C(c3ccccc3Cl)N3C(=O)CN=C3S2)cc1. The molecule has 0 spiro atoms. The molecule has 2 aromatic rings. The first-order valence-corrected chi connectivity index (χ1v) is 8.86. The van der Waals surface area contributed by atoms with Crippen molar-refractivity contribution >= 4 is 45.8 Å². The second-order valence-corrected chi connectivity index (χ2v) is 6.96. The van der Waals surface area contributed by atoms with Gasteiger partial charge in [0.1, 0.15) is 6.54 Å². The summed E-state index contributed by atoms with van der Waals surface area (Å²) in [5.41, 5.74) is 3.30. The van der Waals surface area contributed by atoms with Crippen LogP contribution in [-0.2, 0) is 4.79 Å². The third-order valence-electron chi connectivity index (χ3n) is 3.82. The zero-order valence-electron chi connectivity index (χ0n) is 13.3. The third kappa shape index (κ3) is 2.99. The predicted octanol–water partition coefficient (Wildman–Crippen LogP) is 5.00. The molecule has 2 heterocycles. The van der Waals surface area contributed by atoms with Crippen LogP contribution in [0.2, 0.25) is 5.02 Å². The Morgan fingerprint density at radius 1 is 1.12 bits per heavy atom. The van der Waals surface area contributed by atoms with Gasteiger partial charge in [0.2, 0.25) is 0 Å². The largest absolute Gasteiger partial charge is 0.272 e. The highest BCUT2D eigenvalue weighted by Gasteiger charge is 2.39. The lowest BCUT2D eigenvalue weighted by molar-refractivity contribution is -0.122. The summed E-state index contributed by atoms with van der Waals surface area (Å²) in [6.45, 7) is 2.17. The summed E-state index contributed by atoms with van der Waals surface area (Å²) >= 11 is 7.68. The second kappa shape index (κ2) is 6.46. The van der Waals surface area contributed by atoms with Gasteiger partial charge in [0.05, 0.1) is 11.4 Å². The van der Waals surface area contributed by atoms with Gasteiger partial charge in [0.25, 0.3) is 5.91 Å². The number of rotatable bonds is 3. The summed E-state index contributed by atoms with van der Waals surface area (Å²) in [7, 11) is 0. The molecule has 4 rings (SSSR count). The van der Waals surface area contributed by atoms with Crippen molar-refractivity contribution in [1.29, 1.82) is 0 Å². The van der Waals surface area contributed by atoms with Crippen molar-refractivity contribution in [1.82, 2.24) is 4.90 Å². The van der Waals surface area contributed by atoms with Gasteiger partial charge in [0, 0.05) is 10.6 Å². The number of aryl methyl sites for hydroxylation is 1. The molecule has 5 nitrogen and oxygen atoms in total. The molecule has 0 unspecified atom stereocenters. The van der Waals surface area contributed by atoms with Gasteiger partial charge in [-0.3, -0.25) is 14.7 Å². The van der Waals surface area contributed by atoms with Gasteiger partial charge in [-0.15, -0.1) is 10.2 Å². The number of nitrogens with zero attached hydrogens (tertiary/aromatic N) is 4. The molecule has 124 valence electrons. The smallest absolute Gasteiger partial charge is 0.255 e. The average Bonchev–Trinajstić information content (AvgIpc) is 3.15. The van der Waals surface area contributed by atoms with Crippen molar-refractivity contribution in [3.63, 3.8) is 0 Å². The first kappa shape index (κ1) is 16.1. The maximum absolute atomic E-state index is 12.3. The van der Waals surface area contributed by atoms with Crippen LogP contribution in [0.1, 0.15) is 11.1 Å². The van der Waals surface area contributed by atoms with Crippen LogP contribution in [0.3, 0.4) is 0 Å². The predicted molar refractivity (Wildman–Crippen MR) is 101 cm³/mol. The molecule has 0 fully saturated rings. The Labute approximate surface area is 154 Å². The van der Waals surface area contributed by atoms with Crippen LogP contribution in [-0.4, -0.2) is 22.5 Å². The first-order valence-electron chi connectivity index (χ1n) is 7.66. The fraction of sp³-hybridized carbons (Fsp3) is 0.111. The number of carbonyl (C=O) groups is 1. The van der Waals surface area contributed by atoms with Gasteiger partial charge in [0.15, 0.2) is 10.2 Å². The molecule has 25 heavy (non-hydrogen) atoms. The first-order chi connectivity index (χ1) is 12.1. The summed E-state index contributed by atoms with van der Waals surface area (Å²) in [6, 6.07) is 15.1. The lowest BCUT2D eigenvalue weighted by atomic mass is 10.1. The number of halogens is 1. The number of fused-ring (bicyclic) bond motifs is 1. The van der Waals surface area contributed by atoms with Gasteiger partial charge >= 0.3 is 0 Å². The number of amidine groups is 1. The highest BCUT2D eigenvalue weighted by molar-refractivity contribution is 8.17. The maximum atomic E-state index is 12.3. The molecule has 0 saturated carbocycles. The van der Waals surface area contributed by atoms with E-state index in [1.165, 1.54) is 11.8 Å². The molecule has 0 N–H and O–H groups in total. The quantitative estimate of drug-likeness (QED) is 0.715. The van der Waals surface area contributed by atoms with Gasteiger partial charge < -0.3 is 0 Å². The van der Waals surface area contributed by atoms with E-state index in [-0.39, 0.29) is 12.5 Å². The number of carbonyl (C=O) groups excluding carboxylic acids is 1. The Morgan fingerprint density at radius 2 is 1.88 bits per heavy atom. The van der Waals surface area contributed by atoms with Crippen molar-refractivity contribution in [2.45, 2.75) is 6.92 Å². The Hall–Kier alpha value is -2.44. The van der Waals surface area contributed by atoms with E-state index in [1.54, 1.807) is 11.0 Å². The van der Waals surface area contributed by atoms with E-state index in [9.17, 15) is 4.79 Å². The van der Waals surface area contributed by atoms with E-state index in [2.05, 4.69) is 15.2 Å². The van der Waals surface area contributed by atoms with Crippen LogP contribution in [0.25, 0.3) is 5.70 Å². The molecule has 2 aliphatic rings. The standard InChI is InChI=1S/C18H13ClN4OS/c1-11-6-8-12(9-7-11)21-22-17-16(13-4-2-3-5-14(13)19)23-15(24)10-20-18(23)25-17/h2-9H,10H2,1H3. The van der Waals surface area contributed by atoms with Crippen LogP contribution in [0.15, 0.2) is 68.8 Å².